The van der Waals surface area contributed by atoms with Gasteiger partial charge < -0.3 is 10.1 Å². The molecule has 0 amide bonds. The van der Waals surface area contributed by atoms with Crippen molar-refractivity contribution in [3.05, 3.63) is 28.2 Å². The first-order valence-electron chi connectivity index (χ1n) is 5.98. The van der Waals surface area contributed by atoms with E-state index in [1.165, 1.54) is 13.2 Å². The Morgan fingerprint density at radius 3 is 2.68 bits per heavy atom. The molecule has 1 unspecified atom stereocenters. The first kappa shape index (κ1) is 15.9. The second-order valence-electron chi connectivity index (χ2n) is 4.11. The number of halogens is 3. The van der Waals surface area contributed by atoms with E-state index in [-0.39, 0.29) is 10.2 Å². The molecule has 0 aliphatic heterocycles. The Labute approximate surface area is 119 Å². The van der Waals surface area contributed by atoms with Gasteiger partial charge in [-0.15, -0.1) is 0 Å². The molecule has 0 bridgehead atoms. The molecule has 0 spiro atoms. The molecule has 0 saturated heterocycles. The predicted octanol–water partition coefficient (Wildman–Crippen LogP) is 3.87. The lowest BCUT2D eigenvalue weighted by atomic mass is 10.1. The number of anilines is 1. The number of esters is 1. The second-order valence-corrected chi connectivity index (χ2v) is 4.96. The number of nitrogens with one attached hydrogen (secondary N) is 1. The zero-order valence-electron chi connectivity index (χ0n) is 10.8. The van der Waals surface area contributed by atoms with Crippen molar-refractivity contribution in [2.45, 2.75) is 32.2 Å². The molecular formula is C13H16BrF2NO2. The molecule has 1 rings (SSSR count). The fraction of sp³-hybridized carbons (Fsp3) is 0.462. The average molecular weight is 336 g/mol. The predicted molar refractivity (Wildman–Crippen MR) is 73.0 cm³/mol. The fourth-order valence-electron chi connectivity index (χ4n) is 1.62. The van der Waals surface area contributed by atoms with Gasteiger partial charge in [-0.05, 0) is 28.4 Å². The maximum atomic E-state index is 13.6. The number of methoxy groups -OCH3 is 1. The van der Waals surface area contributed by atoms with E-state index >= 15 is 0 Å². The molecule has 0 heterocycles. The highest BCUT2D eigenvalue weighted by molar-refractivity contribution is 9.10. The van der Waals surface area contributed by atoms with E-state index in [0.717, 1.165) is 18.9 Å². The lowest BCUT2D eigenvalue weighted by molar-refractivity contribution is -0.141. The minimum absolute atomic E-state index is 0.0692. The van der Waals surface area contributed by atoms with Gasteiger partial charge in [-0.3, -0.25) is 0 Å². The van der Waals surface area contributed by atoms with Crippen molar-refractivity contribution in [1.29, 1.82) is 0 Å². The molecule has 0 aromatic heterocycles. The Balaban J connectivity index is 2.89. The lowest BCUT2D eigenvalue weighted by Crippen LogP contribution is -2.31. The van der Waals surface area contributed by atoms with Gasteiger partial charge in [0, 0.05) is 6.07 Å². The lowest BCUT2D eigenvalue weighted by Gasteiger charge is -2.18. The molecular weight excluding hydrogens is 320 g/mol. The van der Waals surface area contributed by atoms with Crippen LogP contribution in [0.25, 0.3) is 0 Å². The van der Waals surface area contributed by atoms with E-state index < -0.39 is 23.6 Å². The van der Waals surface area contributed by atoms with Crippen molar-refractivity contribution in [2.24, 2.45) is 0 Å². The van der Waals surface area contributed by atoms with Crippen LogP contribution < -0.4 is 5.32 Å². The number of unbranched alkanes of at least 4 members (excludes halogenated alkanes) is 1. The summed E-state index contributed by atoms with van der Waals surface area (Å²) in [6, 6.07) is 1.39. The van der Waals surface area contributed by atoms with Gasteiger partial charge in [0.2, 0.25) is 0 Å². The van der Waals surface area contributed by atoms with Crippen LogP contribution in [-0.4, -0.2) is 19.1 Å². The summed E-state index contributed by atoms with van der Waals surface area (Å²) in [6.07, 6.45) is 2.24. The van der Waals surface area contributed by atoms with Gasteiger partial charge in [0.1, 0.15) is 17.7 Å². The molecule has 6 heteroatoms. The van der Waals surface area contributed by atoms with E-state index in [1.807, 2.05) is 6.92 Å². The molecule has 1 aromatic carbocycles. The van der Waals surface area contributed by atoms with Gasteiger partial charge in [-0.25, -0.2) is 13.6 Å². The van der Waals surface area contributed by atoms with Crippen molar-refractivity contribution in [3.63, 3.8) is 0 Å². The Hall–Kier alpha value is -1.17. The van der Waals surface area contributed by atoms with Gasteiger partial charge in [0.25, 0.3) is 0 Å². The minimum atomic E-state index is -0.744. The quantitative estimate of drug-likeness (QED) is 0.633. The second kappa shape index (κ2) is 7.43. The smallest absolute Gasteiger partial charge is 0.328 e. The normalized spacial score (nSPS) is 12.1. The number of hydrogen-bond donors (Lipinski definition) is 1. The van der Waals surface area contributed by atoms with Crippen LogP contribution >= 0.6 is 15.9 Å². The van der Waals surface area contributed by atoms with Crippen molar-refractivity contribution < 1.29 is 18.3 Å². The Bertz CT molecular complexity index is 455. The maximum absolute atomic E-state index is 13.6. The van der Waals surface area contributed by atoms with Crippen molar-refractivity contribution in [2.75, 3.05) is 12.4 Å². The van der Waals surface area contributed by atoms with E-state index in [1.54, 1.807) is 0 Å². The fourth-order valence-corrected chi connectivity index (χ4v) is 1.96. The van der Waals surface area contributed by atoms with Crippen LogP contribution in [0.4, 0.5) is 14.5 Å². The third-order valence-corrected chi connectivity index (χ3v) is 3.28. The SMILES string of the molecule is CCCCC(Nc1cc(Br)c(F)cc1F)C(=O)OC. The van der Waals surface area contributed by atoms with Gasteiger partial charge in [0.15, 0.2) is 0 Å². The summed E-state index contributed by atoms with van der Waals surface area (Å²) < 4.78 is 31.5. The Morgan fingerprint density at radius 1 is 1.42 bits per heavy atom. The van der Waals surface area contributed by atoms with Gasteiger partial charge in [-0.2, -0.15) is 0 Å². The summed E-state index contributed by atoms with van der Waals surface area (Å²) >= 11 is 2.98. The summed E-state index contributed by atoms with van der Waals surface area (Å²) in [5.41, 5.74) is 0.0692. The topological polar surface area (TPSA) is 38.3 Å². The standard InChI is InChI=1S/C13H16BrF2NO2/c1-3-4-5-11(13(18)19-2)17-12-6-8(14)9(15)7-10(12)16/h6-7,11,17H,3-5H2,1-2H3. The number of carbonyl (C=O) groups is 1. The molecule has 0 saturated carbocycles. The molecule has 19 heavy (non-hydrogen) atoms. The van der Waals surface area contributed by atoms with Crippen LogP contribution in [0.1, 0.15) is 26.2 Å². The molecule has 1 atom stereocenters. The highest BCUT2D eigenvalue weighted by atomic mass is 79.9. The monoisotopic (exact) mass is 335 g/mol. The molecule has 0 aliphatic rings. The number of hydrogen-bond acceptors (Lipinski definition) is 3. The van der Waals surface area contributed by atoms with Crippen molar-refractivity contribution in [3.8, 4) is 0 Å². The molecule has 0 fully saturated rings. The van der Waals surface area contributed by atoms with E-state index in [0.29, 0.717) is 6.42 Å². The Kier molecular flexibility index (Phi) is 6.21. The summed E-state index contributed by atoms with van der Waals surface area (Å²) in [7, 11) is 1.28. The molecule has 0 aliphatic carbocycles. The average Bonchev–Trinajstić information content (AvgIpc) is 2.39. The third-order valence-electron chi connectivity index (χ3n) is 2.67. The number of rotatable bonds is 6. The van der Waals surface area contributed by atoms with E-state index in [9.17, 15) is 13.6 Å². The highest BCUT2D eigenvalue weighted by Gasteiger charge is 2.20. The number of benzene rings is 1. The van der Waals surface area contributed by atoms with Crippen LogP contribution in [0.5, 0.6) is 0 Å². The third kappa shape index (κ3) is 4.45. The first-order valence-corrected chi connectivity index (χ1v) is 6.77. The van der Waals surface area contributed by atoms with Crippen molar-refractivity contribution >= 4 is 27.6 Å². The largest absolute Gasteiger partial charge is 0.467 e. The summed E-state index contributed by atoms with van der Waals surface area (Å²) in [5.74, 6) is -1.90. The van der Waals surface area contributed by atoms with Gasteiger partial charge >= 0.3 is 5.97 Å². The Morgan fingerprint density at radius 2 is 2.11 bits per heavy atom. The van der Waals surface area contributed by atoms with E-state index in [4.69, 9.17) is 0 Å². The zero-order valence-corrected chi connectivity index (χ0v) is 12.4. The first-order chi connectivity index (χ1) is 8.99. The highest BCUT2D eigenvalue weighted by Crippen LogP contribution is 2.25. The summed E-state index contributed by atoms with van der Waals surface area (Å²) in [5, 5.41) is 2.75. The van der Waals surface area contributed by atoms with Gasteiger partial charge in [-0.1, -0.05) is 19.8 Å². The molecule has 3 nitrogen and oxygen atoms in total. The molecule has 1 N–H and O–H groups in total. The van der Waals surface area contributed by atoms with Crippen LogP contribution in [0.2, 0.25) is 0 Å². The van der Waals surface area contributed by atoms with Crippen LogP contribution in [-0.2, 0) is 9.53 Å². The van der Waals surface area contributed by atoms with E-state index in [2.05, 4.69) is 26.0 Å². The summed E-state index contributed by atoms with van der Waals surface area (Å²) in [6.45, 7) is 1.99. The minimum Gasteiger partial charge on any atom is -0.467 e. The molecule has 106 valence electrons. The van der Waals surface area contributed by atoms with Gasteiger partial charge in [0.05, 0.1) is 17.3 Å². The van der Waals surface area contributed by atoms with Crippen LogP contribution in [0.15, 0.2) is 16.6 Å². The van der Waals surface area contributed by atoms with Crippen LogP contribution in [0, 0.1) is 11.6 Å². The van der Waals surface area contributed by atoms with Crippen molar-refractivity contribution in [1.82, 2.24) is 0 Å². The number of ether oxygens (including phenoxy) is 1. The zero-order chi connectivity index (χ0) is 14.4. The molecule has 1 aromatic rings. The number of carbonyl (C=O) groups excluding carboxylic acids is 1. The van der Waals surface area contributed by atoms with Crippen LogP contribution in [0.3, 0.4) is 0 Å². The molecule has 0 radical (unpaired) electrons. The maximum Gasteiger partial charge on any atom is 0.328 e. The summed E-state index contributed by atoms with van der Waals surface area (Å²) in [4.78, 5) is 11.6.